The van der Waals surface area contributed by atoms with E-state index in [1.54, 1.807) is 10.7 Å². The third-order valence-corrected chi connectivity index (χ3v) is 6.04. The van der Waals surface area contributed by atoms with Gasteiger partial charge in [0, 0.05) is 26.7 Å². The standard InChI is InChI=1S/C17H15F2N7OS2/c1-25(2)16-22-14-13(29-16)15-23-24-17(26(15)8-21-14)28-7-12(27)20-6-9-3-10(18)5-11(19)4-9/h3-5,8H,6-7H2,1-2H3,(H,20,27). The van der Waals surface area contributed by atoms with E-state index >= 15 is 0 Å². The van der Waals surface area contributed by atoms with Crippen LogP contribution in [0.2, 0.25) is 0 Å². The number of aromatic nitrogens is 5. The molecule has 3 heterocycles. The van der Waals surface area contributed by atoms with Crippen LogP contribution in [0.4, 0.5) is 13.9 Å². The first-order valence-electron chi connectivity index (χ1n) is 8.43. The monoisotopic (exact) mass is 435 g/mol. The Morgan fingerprint density at radius 2 is 2.00 bits per heavy atom. The molecule has 0 atom stereocenters. The second kappa shape index (κ2) is 7.87. The van der Waals surface area contributed by atoms with Crippen molar-refractivity contribution >= 4 is 50.1 Å². The van der Waals surface area contributed by atoms with Crippen LogP contribution in [-0.4, -0.2) is 50.3 Å². The van der Waals surface area contributed by atoms with Crippen LogP contribution in [-0.2, 0) is 11.3 Å². The fraction of sp³-hybridized carbons (Fsp3) is 0.235. The Hall–Kier alpha value is -2.86. The number of thioether (sulfide) groups is 1. The molecule has 0 radical (unpaired) electrons. The maximum atomic E-state index is 13.2. The summed E-state index contributed by atoms with van der Waals surface area (Å²) in [7, 11) is 3.80. The zero-order valence-electron chi connectivity index (χ0n) is 15.4. The van der Waals surface area contributed by atoms with Gasteiger partial charge in [-0.3, -0.25) is 9.20 Å². The number of nitrogens with zero attached hydrogens (tertiary/aromatic N) is 6. The van der Waals surface area contributed by atoms with Gasteiger partial charge >= 0.3 is 0 Å². The SMILES string of the molecule is CN(C)c1nc2ncn3c(SCC(=O)NCc4cc(F)cc(F)c4)nnc3c2s1. The molecule has 4 rings (SSSR count). The van der Waals surface area contributed by atoms with Crippen LogP contribution >= 0.6 is 23.1 Å². The average Bonchev–Trinajstić information content (AvgIpc) is 3.27. The number of rotatable bonds is 6. The van der Waals surface area contributed by atoms with Crippen LogP contribution in [0.1, 0.15) is 5.56 Å². The highest BCUT2D eigenvalue weighted by Gasteiger charge is 2.16. The fourth-order valence-electron chi connectivity index (χ4n) is 2.57. The lowest BCUT2D eigenvalue weighted by atomic mass is 10.2. The maximum Gasteiger partial charge on any atom is 0.230 e. The Morgan fingerprint density at radius 3 is 2.72 bits per heavy atom. The van der Waals surface area contributed by atoms with Gasteiger partial charge in [-0.25, -0.2) is 13.8 Å². The Bertz CT molecular complexity index is 1190. The summed E-state index contributed by atoms with van der Waals surface area (Å²) in [4.78, 5) is 22.8. The highest BCUT2D eigenvalue weighted by atomic mass is 32.2. The Kier molecular flexibility index (Phi) is 5.28. The number of benzene rings is 1. The third-order valence-electron chi connectivity index (χ3n) is 3.89. The van der Waals surface area contributed by atoms with Gasteiger partial charge in [-0.1, -0.05) is 23.1 Å². The number of halogens is 2. The van der Waals surface area contributed by atoms with Crippen LogP contribution in [0.15, 0.2) is 29.7 Å². The molecule has 0 aliphatic heterocycles. The molecule has 1 aromatic carbocycles. The van der Waals surface area contributed by atoms with Crippen molar-refractivity contribution < 1.29 is 13.6 Å². The van der Waals surface area contributed by atoms with Gasteiger partial charge in [0.25, 0.3) is 0 Å². The molecular weight excluding hydrogens is 420 g/mol. The lowest BCUT2D eigenvalue weighted by Crippen LogP contribution is -2.24. The number of hydrogen-bond donors (Lipinski definition) is 1. The van der Waals surface area contributed by atoms with Crippen LogP contribution in [0.3, 0.4) is 0 Å². The molecule has 0 aliphatic carbocycles. The van der Waals surface area contributed by atoms with Crippen LogP contribution in [0, 0.1) is 11.6 Å². The van der Waals surface area contributed by atoms with Crippen molar-refractivity contribution in [3.63, 3.8) is 0 Å². The third kappa shape index (κ3) is 4.12. The summed E-state index contributed by atoms with van der Waals surface area (Å²) in [5.41, 5.74) is 1.57. The molecule has 0 fully saturated rings. The molecule has 8 nitrogen and oxygen atoms in total. The second-order valence-electron chi connectivity index (χ2n) is 6.31. The first-order chi connectivity index (χ1) is 13.9. The molecular formula is C17H15F2N7OS2. The maximum absolute atomic E-state index is 13.2. The molecule has 1 amide bonds. The summed E-state index contributed by atoms with van der Waals surface area (Å²) >= 11 is 2.65. The molecule has 150 valence electrons. The highest BCUT2D eigenvalue weighted by molar-refractivity contribution is 7.99. The van der Waals surface area contributed by atoms with Crippen LogP contribution < -0.4 is 10.2 Å². The van der Waals surface area contributed by atoms with Gasteiger partial charge in [0.05, 0.1) is 5.75 Å². The molecule has 3 aromatic heterocycles. The Morgan fingerprint density at radius 1 is 1.24 bits per heavy atom. The van der Waals surface area contributed by atoms with Gasteiger partial charge in [0.2, 0.25) is 5.91 Å². The number of nitrogens with one attached hydrogen (secondary N) is 1. The van der Waals surface area contributed by atoms with Crippen molar-refractivity contribution in [2.45, 2.75) is 11.7 Å². The quantitative estimate of drug-likeness (QED) is 0.466. The van der Waals surface area contributed by atoms with Crippen molar-refractivity contribution in [2.75, 3.05) is 24.7 Å². The van der Waals surface area contributed by atoms with Gasteiger partial charge in [0.1, 0.15) is 22.7 Å². The number of fused-ring (bicyclic) bond motifs is 3. The van der Waals surface area contributed by atoms with Crippen LogP contribution in [0.25, 0.3) is 16.0 Å². The van der Waals surface area contributed by atoms with Gasteiger partial charge in [0.15, 0.2) is 21.6 Å². The topological polar surface area (TPSA) is 88.3 Å². The number of anilines is 1. The summed E-state index contributed by atoms with van der Waals surface area (Å²) in [6.07, 6.45) is 1.58. The van der Waals surface area contributed by atoms with E-state index in [0.29, 0.717) is 22.0 Å². The summed E-state index contributed by atoms with van der Waals surface area (Å²) < 4.78 is 28.9. The minimum absolute atomic E-state index is 0.0327. The summed E-state index contributed by atoms with van der Waals surface area (Å²) in [6, 6.07) is 3.14. The molecule has 0 unspecified atom stereocenters. The number of carbonyl (C=O) groups excluding carboxylic acids is 1. The summed E-state index contributed by atoms with van der Waals surface area (Å²) in [5, 5.41) is 12.3. The van der Waals surface area contributed by atoms with E-state index < -0.39 is 11.6 Å². The molecule has 29 heavy (non-hydrogen) atoms. The van der Waals surface area contributed by atoms with Gasteiger partial charge in [-0.05, 0) is 17.7 Å². The Balaban J connectivity index is 1.44. The van der Waals surface area contributed by atoms with E-state index in [4.69, 9.17) is 0 Å². The molecule has 0 saturated carbocycles. The fourth-order valence-corrected chi connectivity index (χ4v) is 4.22. The van der Waals surface area contributed by atoms with Gasteiger partial charge in [-0.2, -0.15) is 4.98 Å². The molecule has 1 N–H and O–H groups in total. The molecule has 0 saturated heterocycles. The molecule has 0 aliphatic rings. The zero-order chi connectivity index (χ0) is 20.5. The predicted molar refractivity (Wildman–Crippen MR) is 107 cm³/mol. The minimum atomic E-state index is -0.683. The molecule has 4 aromatic rings. The number of amides is 1. The number of thiazole rings is 1. The normalized spacial score (nSPS) is 11.3. The first kappa shape index (κ1) is 19.5. The Labute approximate surface area is 172 Å². The minimum Gasteiger partial charge on any atom is -0.354 e. The van der Waals surface area contributed by atoms with E-state index in [2.05, 4.69) is 25.5 Å². The molecule has 0 spiro atoms. The van der Waals surface area contributed by atoms with E-state index in [0.717, 1.165) is 15.9 Å². The number of hydrogen-bond acceptors (Lipinski definition) is 8. The number of carbonyl (C=O) groups is 1. The van der Waals surface area contributed by atoms with E-state index in [9.17, 15) is 13.6 Å². The molecule has 0 bridgehead atoms. The van der Waals surface area contributed by atoms with Crippen molar-refractivity contribution in [2.24, 2.45) is 0 Å². The van der Waals surface area contributed by atoms with Crippen molar-refractivity contribution in [3.05, 3.63) is 41.7 Å². The second-order valence-corrected chi connectivity index (χ2v) is 8.23. The molecule has 12 heteroatoms. The van der Waals surface area contributed by atoms with Gasteiger partial charge < -0.3 is 10.2 Å². The van der Waals surface area contributed by atoms with E-state index in [-0.39, 0.29) is 18.2 Å². The first-order valence-corrected chi connectivity index (χ1v) is 10.2. The smallest absolute Gasteiger partial charge is 0.230 e. The van der Waals surface area contributed by atoms with Crippen LogP contribution in [0.5, 0.6) is 0 Å². The lowest BCUT2D eigenvalue weighted by Gasteiger charge is -2.05. The van der Waals surface area contributed by atoms with E-state index in [1.165, 1.54) is 35.2 Å². The van der Waals surface area contributed by atoms with Crippen molar-refractivity contribution in [3.8, 4) is 0 Å². The summed E-state index contributed by atoms with van der Waals surface area (Å²) in [5.74, 6) is -1.59. The summed E-state index contributed by atoms with van der Waals surface area (Å²) in [6.45, 7) is 0.0327. The largest absolute Gasteiger partial charge is 0.354 e. The average molecular weight is 435 g/mol. The van der Waals surface area contributed by atoms with Crippen molar-refractivity contribution in [1.82, 2.24) is 29.9 Å². The zero-order valence-corrected chi connectivity index (χ0v) is 17.0. The van der Waals surface area contributed by atoms with Gasteiger partial charge in [-0.15, -0.1) is 10.2 Å². The van der Waals surface area contributed by atoms with E-state index in [1.807, 2.05) is 19.0 Å². The van der Waals surface area contributed by atoms with Crippen molar-refractivity contribution in [1.29, 1.82) is 0 Å². The predicted octanol–water partition coefficient (Wildman–Crippen LogP) is 2.49. The highest BCUT2D eigenvalue weighted by Crippen LogP contribution is 2.30. The lowest BCUT2D eigenvalue weighted by molar-refractivity contribution is -0.118.